The van der Waals surface area contributed by atoms with Gasteiger partial charge in [-0.15, -0.1) is 11.3 Å². The van der Waals surface area contributed by atoms with E-state index in [1.807, 2.05) is 37.0 Å². The predicted molar refractivity (Wildman–Crippen MR) is 96.0 cm³/mol. The lowest BCUT2D eigenvalue weighted by Crippen LogP contribution is -2.40. The number of nitrogens with one attached hydrogen (secondary N) is 1. The van der Waals surface area contributed by atoms with Crippen LogP contribution in [0.5, 0.6) is 0 Å². The Morgan fingerprint density at radius 1 is 1.39 bits per heavy atom. The Kier molecular flexibility index (Phi) is 6.48. The zero-order valence-corrected chi connectivity index (χ0v) is 15.7. The molecule has 1 atom stereocenters. The number of carbonyl (C=O) groups excluding carboxylic acids is 1. The summed E-state index contributed by atoms with van der Waals surface area (Å²) in [4.78, 5) is 17.0. The molecule has 1 unspecified atom stereocenters. The Bertz CT molecular complexity index is 507. The minimum Gasteiger partial charge on any atom is -0.444 e. The van der Waals surface area contributed by atoms with Gasteiger partial charge >= 0.3 is 6.09 Å². The van der Waals surface area contributed by atoms with E-state index in [4.69, 9.17) is 4.74 Å². The van der Waals surface area contributed by atoms with Crippen LogP contribution in [0.2, 0.25) is 0 Å². The lowest BCUT2D eigenvalue weighted by molar-refractivity contribution is 0.0221. The zero-order valence-electron chi connectivity index (χ0n) is 14.9. The van der Waals surface area contributed by atoms with E-state index in [0.717, 1.165) is 45.3 Å². The summed E-state index contributed by atoms with van der Waals surface area (Å²) in [6.07, 6.45) is 4.10. The van der Waals surface area contributed by atoms with Crippen molar-refractivity contribution in [3.63, 3.8) is 0 Å². The van der Waals surface area contributed by atoms with Crippen LogP contribution in [-0.4, -0.2) is 35.7 Å². The van der Waals surface area contributed by atoms with Crippen LogP contribution in [0, 0.1) is 0 Å². The predicted octanol–water partition coefficient (Wildman–Crippen LogP) is 4.19. The van der Waals surface area contributed by atoms with E-state index in [0.29, 0.717) is 6.04 Å². The molecule has 1 N–H and O–H groups in total. The highest BCUT2D eigenvalue weighted by Gasteiger charge is 2.31. The Morgan fingerprint density at radius 3 is 2.78 bits per heavy atom. The Hall–Kier alpha value is -1.07. The SMILES string of the molecule is CCc1ccc(CNCCC2CCCN2C(=O)OC(C)(C)C)s1. The molecule has 1 aromatic heterocycles. The Balaban J connectivity index is 1.72. The van der Waals surface area contributed by atoms with Crippen molar-refractivity contribution in [3.05, 3.63) is 21.9 Å². The summed E-state index contributed by atoms with van der Waals surface area (Å²) in [7, 11) is 0. The molecule has 0 saturated carbocycles. The molecule has 2 heterocycles. The maximum absolute atomic E-state index is 12.2. The van der Waals surface area contributed by atoms with E-state index < -0.39 is 5.60 Å². The number of ether oxygens (including phenoxy) is 1. The monoisotopic (exact) mass is 338 g/mol. The van der Waals surface area contributed by atoms with Crippen LogP contribution in [0.1, 0.15) is 56.7 Å². The van der Waals surface area contributed by atoms with Crippen molar-refractivity contribution < 1.29 is 9.53 Å². The highest BCUT2D eigenvalue weighted by atomic mass is 32.1. The number of aryl methyl sites for hydroxylation is 1. The first-order chi connectivity index (χ1) is 10.9. The summed E-state index contributed by atoms with van der Waals surface area (Å²) in [6.45, 7) is 10.6. The van der Waals surface area contributed by atoms with Crippen molar-refractivity contribution in [2.75, 3.05) is 13.1 Å². The van der Waals surface area contributed by atoms with E-state index in [2.05, 4.69) is 24.4 Å². The van der Waals surface area contributed by atoms with Crippen molar-refractivity contribution >= 4 is 17.4 Å². The third-order valence-corrected chi connectivity index (χ3v) is 5.25. The fourth-order valence-corrected chi connectivity index (χ4v) is 3.81. The third-order valence-electron chi connectivity index (χ3n) is 4.02. The van der Waals surface area contributed by atoms with Crippen molar-refractivity contribution in [1.82, 2.24) is 10.2 Å². The average Bonchev–Trinajstić information content (AvgIpc) is 3.10. The van der Waals surface area contributed by atoms with Gasteiger partial charge < -0.3 is 15.0 Å². The Morgan fingerprint density at radius 2 is 2.13 bits per heavy atom. The molecule has 2 rings (SSSR count). The quantitative estimate of drug-likeness (QED) is 0.791. The summed E-state index contributed by atoms with van der Waals surface area (Å²) in [6, 6.07) is 4.73. The van der Waals surface area contributed by atoms with Gasteiger partial charge in [0.05, 0.1) is 0 Å². The zero-order chi connectivity index (χ0) is 16.9. The van der Waals surface area contributed by atoms with E-state index in [9.17, 15) is 4.79 Å². The van der Waals surface area contributed by atoms with Gasteiger partial charge in [-0.3, -0.25) is 0 Å². The molecule has 1 saturated heterocycles. The second-order valence-corrected chi connectivity index (χ2v) is 8.41. The van der Waals surface area contributed by atoms with Gasteiger partial charge in [-0.05, 0) is 65.1 Å². The highest BCUT2D eigenvalue weighted by molar-refractivity contribution is 7.11. The molecule has 0 aromatic carbocycles. The summed E-state index contributed by atoms with van der Waals surface area (Å²) in [5, 5.41) is 3.51. The maximum Gasteiger partial charge on any atom is 0.410 e. The summed E-state index contributed by atoms with van der Waals surface area (Å²) in [5.41, 5.74) is -0.418. The molecular formula is C18H30N2O2S. The number of carbonyl (C=O) groups is 1. The molecule has 1 aliphatic rings. The van der Waals surface area contributed by atoms with Crippen LogP contribution in [0.4, 0.5) is 4.79 Å². The van der Waals surface area contributed by atoms with Gasteiger partial charge in [-0.2, -0.15) is 0 Å². The lowest BCUT2D eigenvalue weighted by atomic mass is 10.1. The van der Waals surface area contributed by atoms with Crippen LogP contribution in [0.25, 0.3) is 0 Å². The number of hydrogen-bond donors (Lipinski definition) is 1. The van der Waals surface area contributed by atoms with Crippen LogP contribution in [0.3, 0.4) is 0 Å². The summed E-state index contributed by atoms with van der Waals surface area (Å²) >= 11 is 1.88. The Labute approximate surface area is 144 Å². The summed E-state index contributed by atoms with van der Waals surface area (Å²) < 4.78 is 5.51. The fraction of sp³-hybridized carbons (Fsp3) is 0.722. The first-order valence-corrected chi connectivity index (χ1v) is 9.48. The molecule has 23 heavy (non-hydrogen) atoms. The van der Waals surface area contributed by atoms with Gasteiger partial charge in [-0.1, -0.05) is 6.92 Å². The molecule has 4 nitrogen and oxygen atoms in total. The fourth-order valence-electron chi connectivity index (χ4n) is 2.88. The second-order valence-electron chi connectivity index (χ2n) is 7.16. The van der Waals surface area contributed by atoms with E-state index in [-0.39, 0.29) is 6.09 Å². The molecule has 1 fully saturated rings. The largest absolute Gasteiger partial charge is 0.444 e. The smallest absolute Gasteiger partial charge is 0.410 e. The van der Waals surface area contributed by atoms with Gasteiger partial charge in [0.1, 0.15) is 5.60 Å². The molecule has 1 amide bonds. The molecule has 5 heteroatoms. The molecular weight excluding hydrogens is 308 g/mol. The van der Waals surface area contributed by atoms with E-state index in [1.54, 1.807) is 0 Å². The van der Waals surface area contributed by atoms with Crippen LogP contribution < -0.4 is 5.32 Å². The minimum absolute atomic E-state index is 0.161. The van der Waals surface area contributed by atoms with Gasteiger partial charge in [0, 0.05) is 28.9 Å². The first kappa shape index (κ1) is 18.3. The molecule has 0 radical (unpaired) electrons. The number of amides is 1. The minimum atomic E-state index is -0.418. The van der Waals surface area contributed by atoms with Crippen LogP contribution in [-0.2, 0) is 17.7 Å². The lowest BCUT2D eigenvalue weighted by Gasteiger charge is -2.28. The number of rotatable bonds is 6. The standard InChI is InChI=1S/C18H30N2O2S/c1-5-15-8-9-16(23-15)13-19-11-10-14-7-6-12-20(14)17(21)22-18(2,3)4/h8-9,14,19H,5-7,10-13H2,1-4H3. The van der Waals surface area contributed by atoms with Crippen molar-refractivity contribution in [2.45, 2.75) is 71.6 Å². The van der Waals surface area contributed by atoms with Gasteiger partial charge in [0.25, 0.3) is 0 Å². The van der Waals surface area contributed by atoms with Gasteiger partial charge in [0.15, 0.2) is 0 Å². The second kappa shape index (κ2) is 8.15. The molecule has 1 aromatic rings. The third kappa shape index (κ3) is 5.81. The van der Waals surface area contributed by atoms with Gasteiger partial charge in [-0.25, -0.2) is 4.79 Å². The topological polar surface area (TPSA) is 41.6 Å². The number of hydrogen-bond acceptors (Lipinski definition) is 4. The maximum atomic E-state index is 12.2. The molecule has 0 spiro atoms. The first-order valence-electron chi connectivity index (χ1n) is 8.67. The number of nitrogens with zero attached hydrogens (tertiary/aromatic N) is 1. The van der Waals surface area contributed by atoms with Gasteiger partial charge in [0.2, 0.25) is 0 Å². The molecule has 1 aliphatic heterocycles. The van der Waals surface area contributed by atoms with Crippen LogP contribution in [0.15, 0.2) is 12.1 Å². The van der Waals surface area contributed by atoms with E-state index >= 15 is 0 Å². The van der Waals surface area contributed by atoms with Crippen LogP contribution >= 0.6 is 11.3 Å². The molecule has 0 bridgehead atoms. The normalized spacial score (nSPS) is 18.4. The number of likely N-dealkylation sites (tertiary alicyclic amines) is 1. The van der Waals surface area contributed by atoms with Crippen molar-refractivity contribution in [1.29, 1.82) is 0 Å². The van der Waals surface area contributed by atoms with E-state index in [1.165, 1.54) is 9.75 Å². The average molecular weight is 339 g/mol. The van der Waals surface area contributed by atoms with Crippen molar-refractivity contribution in [3.8, 4) is 0 Å². The number of thiophene rings is 1. The molecule has 130 valence electrons. The highest BCUT2D eigenvalue weighted by Crippen LogP contribution is 2.23. The summed E-state index contributed by atoms with van der Waals surface area (Å²) in [5.74, 6) is 0. The molecule has 0 aliphatic carbocycles. The van der Waals surface area contributed by atoms with Crippen molar-refractivity contribution in [2.24, 2.45) is 0 Å².